The SMILES string of the molecule is COC(=O)c1ccccc1NC(=O)COC(=O)c1ccccc1C(F)(F)F. The lowest BCUT2D eigenvalue weighted by molar-refractivity contribution is -0.138. The van der Waals surface area contributed by atoms with Gasteiger partial charge in [0.2, 0.25) is 0 Å². The first-order chi connectivity index (χ1) is 12.7. The Labute approximate surface area is 151 Å². The van der Waals surface area contributed by atoms with E-state index in [-0.39, 0.29) is 11.3 Å². The van der Waals surface area contributed by atoms with Crippen molar-refractivity contribution in [3.63, 3.8) is 0 Å². The zero-order chi connectivity index (χ0) is 20.0. The summed E-state index contributed by atoms with van der Waals surface area (Å²) in [5.41, 5.74) is -1.68. The van der Waals surface area contributed by atoms with Crippen LogP contribution in [0.5, 0.6) is 0 Å². The molecule has 0 aliphatic heterocycles. The van der Waals surface area contributed by atoms with Crippen LogP contribution in [0.15, 0.2) is 48.5 Å². The maximum Gasteiger partial charge on any atom is 0.417 e. The Balaban J connectivity index is 2.05. The monoisotopic (exact) mass is 381 g/mol. The lowest BCUT2D eigenvalue weighted by Crippen LogP contribution is -2.23. The Morgan fingerprint density at radius 3 is 2.15 bits per heavy atom. The number of amides is 1. The van der Waals surface area contributed by atoms with Crippen molar-refractivity contribution in [1.82, 2.24) is 0 Å². The lowest BCUT2D eigenvalue weighted by atomic mass is 10.1. The van der Waals surface area contributed by atoms with Crippen molar-refractivity contribution in [2.45, 2.75) is 6.18 Å². The number of anilines is 1. The molecule has 0 saturated carbocycles. The van der Waals surface area contributed by atoms with Gasteiger partial charge in [-0.1, -0.05) is 24.3 Å². The second-order valence-corrected chi connectivity index (χ2v) is 5.20. The molecular formula is C18H14F3NO5. The van der Waals surface area contributed by atoms with Crippen LogP contribution in [-0.4, -0.2) is 31.6 Å². The number of hydrogen-bond acceptors (Lipinski definition) is 5. The van der Waals surface area contributed by atoms with Crippen LogP contribution in [0.25, 0.3) is 0 Å². The van der Waals surface area contributed by atoms with E-state index in [4.69, 9.17) is 0 Å². The largest absolute Gasteiger partial charge is 0.465 e. The zero-order valence-electron chi connectivity index (χ0n) is 14.0. The van der Waals surface area contributed by atoms with E-state index in [0.29, 0.717) is 0 Å². The quantitative estimate of drug-likeness (QED) is 0.804. The van der Waals surface area contributed by atoms with Gasteiger partial charge in [-0.3, -0.25) is 4.79 Å². The van der Waals surface area contributed by atoms with Gasteiger partial charge in [-0.2, -0.15) is 13.2 Å². The third-order valence-corrected chi connectivity index (χ3v) is 3.39. The molecule has 0 atom stereocenters. The number of carbonyl (C=O) groups excluding carboxylic acids is 3. The first kappa shape index (κ1) is 20.0. The Morgan fingerprint density at radius 1 is 0.926 bits per heavy atom. The fourth-order valence-corrected chi connectivity index (χ4v) is 2.18. The molecule has 0 radical (unpaired) electrons. The predicted octanol–water partition coefficient (Wildman–Crippen LogP) is 3.29. The van der Waals surface area contributed by atoms with Crippen molar-refractivity contribution in [1.29, 1.82) is 0 Å². The van der Waals surface area contributed by atoms with Gasteiger partial charge in [0.25, 0.3) is 5.91 Å². The molecule has 27 heavy (non-hydrogen) atoms. The van der Waals surface area contributed by atoms with Gasteiger partial charge in [-0.05, 0) is 24.3 Å². The minimum absolute atomic E-state index is 0.0714. The summed E-state index contributed by atoms with van der Waals surface area (Å²) in [6.07, 6.45) is -4.74. The van der Waals surface area contributed by atoms with E-state index >= 15 is 0 Å². The molecule has 0 heterocycles. The van der Waals surface area contributed by atoms with Gasteiger partial charge < -0.3 is 14.8 Å². The molecule has 0 aromatic heterocycles. The highest BCUT2D eigenvalue weighted by Gasteiger charge is 2.35. The fraction of sp³-hybridized carbons (Fsp3) is 0.167. The summed E-state index contributed by atoms with van der Waals surface area (Å²) in [6, 6.07) is 10.0. The summed E-state index contributed by atoms with van der Waals surface area (Å²) in [4.78, 5) is 35.5. The van der Waals surface area contributed by atoms with Gasteiger partial charge in [0, 0.05) is 0 Å². The normalized spacial score (nSPS) is 10.8. The van der Waals surface area contributed by atoms with Crippen molar-refractivity contribution in [3.8, 4) is 0 Å². The molecule has 0 unspecified atom stereocenters. The number of halogens is 3. The molecule has 0 aliphatic carbocycles. The molecule has 2 rings (SSSR count). The van der Waals surface area contributed by atoms with E-state index in [2.05, 4.69) is 14.8 Å². The average molecular weight is 381 g/mol. The highest BCUT2D eigenvalue weighted by molar-refractivity contribution is 6.02. The number of alkyl halides is 3. The van der Waals surface area contributed by atoms with Gasteiger partial charge >= 0.3 is 18.1 Å². The van der Waals surface area contributed by atoms with Crippen molar-refractivity contribution in [2.24, 2.45) is 0 Å². The molecule has 0 bridgehead atoms. The van der Waals surface area contributed by atoms with E-state index in [1.165, 1.54) is 25.3 Å². The third-order valence-electron chi connectivity index (χ3n) is 3.39. The Hall–Kier alpha value is -3.36. The lowest BCUT2D eigenvalue weighted by Gasteiger charge is -2.12. The summed E-state index contributed by atoms with van der Waals surface area (Å²) in [7, 11) is 1.17. The fourth-order valence-electron chi connectivity index (χ4n) is 2.18. The molecule has 0 fully saturated rings. The van der Waals surface area contributed by atoms with E-state index in [0.717, 1.165) is 18.2 Å². The number of hydrogen-bond donors (Lipinski definition) is 1. The minimum atomic E-state index is -4.74. The number of para-hydroxylation sites is 1. The molecule has 6 nitrogen and oxygen atoms in total. The summed E-state index contributed by atoms with van der Waals surface area (Å²) < 4.78 is 48.0. The first-order valence-electron chi connectivity index (χ1n) is 7.54. The maximum absolute atomic E-state index is 12.9. The van der Waals surface area contributed by atoms with Crippen LogP contribution >= 0.6 is 0 Å². The Kier molecular flexibility index (Phi) is 6.17. The number of methoxy groups -OCH3 is 1. The van der Waals surface area contributed by atoms with E-state index in [1.807, 2.05) is 0 Å². The van der Waals surface area contributed by atoms with Gasteiger partial charge in [0.1, 0.15) is 0 Å². The average Bonchev–Trinajstić information content (AvgIpc) is 2.65. The molecule has 0 saturated heterocycles. The second-order valence-electron chi connectivity index (χ2n) is 5.20. The van der Waals surface area contributed by atoms with Crippen LogP contribution < -0.4 is 5.32 Å². The van der Waals surface area contributed by atoms with E-state index in [9.17, 15) is 27.6 Å². The smallest absolute Gasteiger partial charge is 0.417 e. The summed E-state index contributed by atoms with van der Waals surface area (Å²) in [5.74, 6) is -2.81. The highest BCUT2D eigenvalue weighted by Crippen LogP contribution is 2.32. The second kappa shape index (κ2) is 8.35. The number of esters is 2. The maximum atomic E-state index is 12.9. The molecule has 0 aliphatic rings. The van der Waals surface area contributed by atoms with Crippen molar-refractivity contribution in [2.75, 3.05) is 19.0 Å². The molecule has 9 heteroatoms. The number of nitrogens with one attached hydrogen (secondary N) is 1. The first-order valence-corrected chi connectivity index (χ1v) is 7.54. The summed E-state index contributed by atoms with van der Waals surface area (Å²) >= 11 is 0. The van der Waals surface area contributed by atoms with Crippen LogP contribution in [0, 0.1) is 0 Å². The van der Waals surface area contributed by atoms with Crippen molar-refractivity contribution < 1.29 is 37.0 Å². The van der Waals surface area contributed by atoms with Gasteiger partial charge in [0.15, 0.2) is 6.61 Å². The number of ether oxygens (including phenoxy) is 2. The molecular weight excluding hydrogens is 367 g/mol. The topological polar surface area (TPSA) is 81.7 Å². The van der Waals surface area contributed by atoms with Crippen LogP contribution in [0.1, 0.15) is 26.3 Å². The minimum Gasteiger partial charge on any atom is -0.465 e. The van der Waals surface area contributed by atoms with E-state index in [1.54, 1.807) is 12.1 Å². The summed E-state index contributed by atoms with van der Waals surface area (Å²) in [5, 5.41) is 2.34. The zero-order valence-corrected chi connectivity index (χ0v) is 14.0. The molecule has 2 aromatic rings. The number of benzene rings is 2. The summed E-state index contributed by atoms with van der Waals surface area (Å²) in [6.45, 7) is -0.833. The number of carbonyl (C=O) groups is 3. The van der Waals surface area contributed by atoms with E-state index < -0.39 is 41.8 Å². The van der Waals surface area contributed by atoms with Crippen LogP contribution in [0.2, 0.25) is 0 Å². The third kappa shape index (κ3) is 5.06. The van der Waals surface area contributed by atoms with Crippen molar-refractivity contribution >= 4 is 23.5 Å². The molecule has 1 amide bonds. The van der Waals surface area contributed by atoms with Gasteiger partial charge in [-0.15, -0.1) is 0 Å². The highest BCUT2D eigenvalue weighted by atomic mass is 19.4. The standard InChI is InChI=1S/C18H14F3NO5/c1-26-16(24)12-7-3-5-9-14(12)22-15(23)10-27-17(25)11-6-2-4-8-13(11)18(19,20)21/h2-9H,10H2,1H3,(H,22,23). The van der Waals surface area contributed by atoms with Crippen LogP contribution in [0.4, 0.5) is 18.9 Å². The van der Waals surface area contributed by atoms with Gasteiger partial charge in [0.05, 0.1) is 29.5 Å². The number of rotatable bonds is 5. The van der Waals surface area contributed by atoms with Crippen LogP contribution in [0.3, 0.4) is 0 Å². The van der Waals surface area contributed by atoms with Crippen LogP contribution in [-0.2, 0) is 20.4 Å². The predicted molar refractivity (Wildman–Crippen MR) is 88.1 cm³/mol. The van der Waals surface area contributed by atoms with Gasteiger partial charge in [-0.25, -0.2) is 9.59 Å². The Bertz CT molecular complexity index is 864. The molecule has 142 valence electrons. The Morgan fingerprint density at radius 2 is 1.52 bits per heavy atom. The molecule has 2 aromatic carbocycles. The van der Waals surface area contributed by atoms with Crippen molar-refractivity contribution in [3.05, 3.63) is 65.2 Å². The molecule has 0 spiro atoms. The molecule has 1 N–H and O–H groups in total.